The summed E-state index contributed by atoms with van der Waals surface area (Å²) in [6.07, 6.45) is 4.69. The fourth-order valence-electron chi connectivity index (χ4n) is 4.57. The first-order chi connectivity index (χ1) is 13.7. The van der Waals surface area contributed by atoms with Crippen molar-refractivity contribution in [1.29, 1.82) is 0 Å². The molecule has 1 aromatic carbocycles. The second-order valence-corrected chi connectivity index (χ2v) is 9.00. The van der Waals surface area contributed by atoms with Gasteiger partial charge in [0.15, 0.2) is 0 Å². The molecule has 1 aliphatic carbocycles. The van der Waals surface area contributed by atoms with E-state index in [-0.39, 0.29) is 35.6 Å². The number of amides is 3. The smallest absolute Gasteiger partial charge is 0.244 e. The SMILES string of the molecule is CCCCCOc1ccc(NC(=O)CN2C(=O)C3CCC(C)(C2=O)C3(C)C)cc1. The number of likely N-dealkylation sites (tertiary alicyclic amines) is 1. The highest BCUT2D eigenvalue weighted by Crippen LogP contribution is 2.59. The van der Waals surface area contributed by atoms with Gasteiger partial charge in [-0.3, -0.25) is 19.3 Å². The summed E-state index contributed by atoms with van der Waals surface area (Å²) in [6, 6.07) is 7.15. The molecule has 2 bridgehead atoms. The lowest BCUT2D eigenvalue weighted by molar-refractivity contribution is -0.168. The Labute approximate surface area is 173 Å². The van der Waals surface area contributed by atoms with Crippen LogP contribution in [0.25, 0.3) is 0 Å². The van der Waals surface area contributed by atoms with Gasteiger partial charge in [-0.05, 0) is 48.9 Å². The number of anilines is 1. The summed E-state index contributed by atoms with van der Waals surface area (Å²) in [6.45, 7) is 8.48. The van der Waals surface area contributed by atoms with Crippen LogP contribution in [-0.2, 0) is 14.4 Å². The predicted molar refractivity (Wildman–Crippen MR) is 111 cm³/mol. The molecule has 1 N–H and O–H groups in total. The molecule has 0 radical (unpaired) electrons. The minimum Gasteiger partial charge on any atom is -0.494 e. The second kappa shape index (κ2) is 8.17. The summed E-state index contributed by atoms with van der Waals surface area (Å²) in [5, 5.41) is 2.78. The average Bonchev–Trinajstić information content (AvgIpc) is 2.87. The molecule has 1 saturated carbocycles. The van der Waals surface area contributed by atoms with Crippen molar-refractivity contribution in [3.63, 3.8) is 0 Å². The van der Waals surface area contributed by atoms with Crippen LogP contribution in [0.1, 0.15) is 59.8 Å². The number of piperidine rings is 1. The fourth-order valence-corrected chi connectivity index (χ4v) is 4.57. The lowest BCUT2D eigenvalue weighted by Gasteiger charge is -2.47. The fraction of sp³-hybridized carbons (Fsp3) is 0.609. The number of unbranched alkanes of at least 4 members (excludes halogenated alkanes) is 2. The highest BCUT2D eigenvalue weighted by molar-refractivity contribution is 6.07. The Balaban J connectivity index is 1.58. The average molecular weight is 401 g/mol. The quantitative estimate of drug-likeness (QED) is 0.528. The molecule has 2 aliphatic rings. The van der Waals surface area contributed by atoms with Gasteiger partial charge < -0.3 is 10.1 Å². The van der Waals surface area contributed by atoms with Gasteiger partial charge in [-0.25, -0.2) is 0 Å². The molecule has 3 rings (SSSR count). The molecule has 1 aliphatic heterocycles. The third-order valence-corrected chi connectivity index (χ3v) is 6.96. The van der Waals surface area contributed by atoms with Gasteiger partial charge in [-0.15, -0.1) is 0 Å². The maximum Gasteiger partial charge on any atom is 0.244 e. The van der Waals surface area contributed by atoms with E-state index in [1.165, 1.54) is 0 Å². The minimum atomic E-state index is -0.595. The van der Waals surface area contributed by atoms with Crippen molar-refractivity contribution in [2.45, 2.75) is 59.8 Å². The van der Waals surface area contributed by atoms with Gasteiger partial charge in [0.1, 0.15) is 12.3 Å². The number of carbonyl (C=O) groups excluding carboxylic acids is 3. The molecule has 6 nitrogen and oxygen atoms in total. The van der Waals surface area contributed by atoms with Crippen molar-refractivity contribution in [1.82, 2.24) is 4.90 Å². The van der Waals surface area contributed by atoms with Crippen molar-refractivity contribution < 1.29 is 19.1 Å². The highest BCUT2D eigenvalue weighted by atomic mass is 16.5. The normalized spacial score (nSPS) is 25.2. The van der Waals surface area contributed by atoms with Crippen LogP contribution in [0.3, 0.4) is 0 Å². The first-order valence-corrected chi connectivity index (χ1v) is 10.6. The van der Waals surface area contributed by atoms with Crippen LogP contribution in [0.2, 0.25) is 0 Å². The number of rotatable bonds is 8. The lowest BCUT2D eigenvalue weighted by atomic mass is 9.62. The zero-order valence-corrected chi connectivity index (χ0v) is 17.9. The molecule has 6 heteroatoms. The van der Waals surface area contributed by atoms with E-state index in [1.54, 1.807) is 12.1 Å². The van der Waals surface area contributed by atoms with Gasteiger partial charge in [0.25, 0.3) is 0 Å². The van der Waals surface area contributed by atoms with Crippen molar-refractivity contribution in [3.05, 3.63) is 24.3 Å². The van der Waals surface area contributed by atoms with E-state index < -0.39 is 5.41 Å². The van der Waals surface area contributed by atoms with Crippen LogP contribution in [0.4, 0.5) is 5.69 Å². The number of ether oxygens (including phenoxy) is 1. The third-order valence-electron chi connectivity index (χ3n) is 6.96. The van der Waals surface area contributed by atoms with Crippen molar-refractivity contribution in [3.8, 4) is 5.75 Å². The molecule has 0 aromatic heterocycles. The van der Waals surface area contributed by atoms with Crippen LogP contribution < -0.4 is 10.1 Å². The number of carbonyl (C=O) groups is 3. The van der Waals surface area contributed by atoms with Crippen LogP contribution in [0.15, 0.2) is 24.3 Å². The zero-order valence-electron chi connectivity index (χ0n) is 17.9. The molecular weight excluding hydrogens is 368 g/mol. The number of hydrogen-bond donors (Lipinski definition) is 1. The first-order valence-electron chi connectivity index (χ1n) is 10.6. The van der Waals surface area contributed by atoms with Gasteiger partial charge >= 0.3 is 0 Å². The number of nitrogens with one attached hydrogen (secondary N) is 1. The Morgan fingerprint density at radius 2 is 1.86 bits per heavy atom. The summed E-state index contributed by atoms with van der Waals surface area (Å²) in [5.74, 6) is -0.270. The first kappa shape index (κ1) is 21.3. The summed E-state index contributed by atoms with van der Waals surface area (Å²) >= 11 is 0. The lowest BCUT2D eigenvalue weighted by Crippen LogP contribution is -2.60. The summed E-state index contributed by atoms with van der Waals surface area (Å²) in [5.41, 5.74) is -0.355. The summed E-state index contributed by atoms with van der Waals surface area (Å²) < 4.78 is 5.67. The monoisotopic (exact) mass is 400 g/mol. The molecule has 2 atom stereocenters. The number of fused-ring (bicyclic) bond motifs is 2. The minimum absolute atomic E-state index is 0.206. The Hall–Kier alpha value is -2.37. The molecule has 1 aromatic rings. The molecule has 29 heavy (non-hydrogen) atoms. The molecule has 1 heterocycles. The van der Waals surface area contributed by atoms with Crippen LogP contribution in [0.5, 0.6) is 5.75 Å². The van der Waals surface area contributed by atoms with E-state index in [4.69, 9.17) is 4.74 Å². The Kier molecular flexibility index (Phi) is 6.01. The highest BCUT2D eigenvalue weighted by Gasteiger charge is 2.64. The van der Waals surface area contributed by atoms with Crippen LogP contribution in [-0.4, -0.2) is 35.8 Å². The summed E-state index contributed by atoms with van der Waals surface area (Å²) in [7, 11) is 0. The van der Waals surface area contributed by atoms with Gasteiger partial charge in [0.2, 0.25) is 17.7 Å². The number of nitrogens with zero attached hydrogens (tertiary/aromatic N) is 1. The van der Waals surface area contributed by atoms with E-state index in [0.717, 1.165) is 29.9 Å². The van der Waals surface area contributed by atoms with Gasteiger partial charge in [-0.1, -0.05) is 40.5 Å². The standard InChI is InChI=1S/C23H32N2O4/c1-5-6-7-14-29-17-10-8-16(9-11-17)24-19(26)15-25-20(27)18-12-13-23(4,21(25)28)22(18,2)3/h8-11,18H,5-7,12-15H2,1-4H3,(H,24,26). The van der Waals surface area contributed by atoms with E-state index in [0.29, 0.717) is 25.1 Å². The second-order valence-electron chi connectivity index (χ2n) is 9.00. The van der Waals surface area contributed by atoms with Crippen LogP contribution >= 0.6 is 0 Å². The zero-order chi connectivity index (χ0) is 21.2. The molecule has 0 spiro atoms. The Bertz CT molecular complexity index is 787. The number of hydrogen-bond acceptors (Lipinski definition) is 4. The molecule has 158 valence electrons. The predicted octanol–water partition coefficient (Wildman–Crippen LogP) is 4.01. The topological polar surface area (TPSA) is 75.7 Å². The van der Waals surface area contributed by atoms with Crippen LogP contribution in [0, 0.1) is 16.7 Å². The molecule has 1 saturated heterocycles. The van der Waals surface area contributed by atoms with E-state index in [2.05, 4.69) is 12.2 Å². The summed E-state index contributed by atoms with van der Waals surface area (Å²) in [4.78, 5) is 39.5. The molecule has 2 fully saturated rings. The number of benzene rings is 1. The largest absolute Gasteiger partial charge is 0.494 e. The van der Waals surface area contributed by atoms with Crippen molar-refractivity contribution >= 4 is 23.4 Å². The van der Waals surface area contributed by atoms with Gasteiger partial charge in [0.05, 0.1) is 12.0 Å². The Morgan fingerprint density at radius 3 is 2.52 bits per heavy atom. The van der Waals surface area contributed by atoms with E-state index in [9.17, 15) is 14.4 Å². The maximum absolute atomic E-state index is 13.0. The molecule has 3 amide bonds. The Morgan fingerprint density at radius 1 is 1.17 bits per heavy atom. The number of imide groups is 1. The van der Waals surface area contributed by atoms with Gasteiger partial charge in [-0.2, -0.15) is 0 Å². The van der Waals surface area contributed by atoms with E-state index in [1.807, 2.05) is 32.9 Å². The molecule has 2 unspecified atom stereocenters. The van der Waals surface area contributed by atoms with Crippen molar-refractivity contribution in [2.24, 2.45) is 16.7 Å². The maximum atomic E-state index is 13.0. The van der Waals surface area contributed by atoms with Gasteiger partial charge in [0, 0.05) is 11.6 Å². The van der Waals surface area contributed by atoms with Crippen molar-refractivity contribution in [2.75, 3.05) is 18.5 Å². The third kappa shape index (κ3) is 3.89. The molecular formula is C23H32N2O4. The van der Waals surface area contributed by atoms with E-state index >= 15 is 0 Å².